The van der Waals surface area contributed by atoms with Gasteiger partial charge in [0.1, 0.15) is 6.54 Å². The molecule has 1 amide bonds. The van der Waals surface area contributed by atoms with Crippen LogP contribution < -0.4 is 5.43 Å². The number of rotatable bonds is 2. The van der Waals surface area contributed by atoms with Gasteiger partial charge in [-0.3, -0.25) is 14.3 Å². The third kappa shape index (κ3) is 2.74. The molecule has 2 heterocycles. The lowest BCUT2D eigenvalue weighted by atomic mass is 10.2. The normalized spacial score (nSPS) is 22.0. The van der Waals surface area contributed by atoms with Gasteiger partial charge in [0.2, 0.25) is 11.3 Å². The van der Waals surface area contributed by atoms with E-state index in [1.54, 1.807) is 10.7 Å². The Hall–Kier alpha value is -2.21. The molecule has 116 valence electrons. The summed E-state index contributed by atoms with van der Waals surface area (Å²) in [6.45, 7) is 5.18. The van der Waals surface area contributed by atoms with E-state index in [-0.39, 0.29) is 30.0 Å². The summed E-state index contributed by atoms with van der Waals surface area (Å²) in [6, 6.07) is 7.25. The highest BCUT2D eigenvalue weighted by molar-refractivity contribution is 5.81. The Kier molecular flexibility index (Phi) is 3.94. The molecule has 0 unspecified atom stereocenters. The molecule has 1 aliphatic heterocycles. The van der Waals surface area contributed by atoms with E-state index < -0.39 is 0 Å². The minimum absolute atomic E-state index is 0.0102. The van der Waals surface area contributed by atoms with Gasteiger partial charge < -0.3 is 9.64 Å². The van der Waals surface area contributed by atoms with Crippen LogP contribution in [0.15, 0.2) is 35.3 Å². The molecule has 0 aliphatic carbocycles. The molecule has 0 radical (unpaired) electrons. The third-order valence-electron chi connectivity index (χ3n) is 3.98. The minimum Gasteiger partial charge on any atom is -0.375 e. The van der Waals surface area contributed by atoms with Crippen LogP contribution in [0, 0.1) is 0 Å². The molecule has 6 heteroatoms. The maximum atomic E-state index is 12.6. The molecule has 2 aromatic rings. The van der Waals surface area contributed by atoms with Crippen LogP contribution in [0.4, 0.5) is 0 Å². The summed E-state index contributed by atoms with van der Waals surface area (Å²) in [6.07, 6.45) is 1.31. The molecule has 22 heavy (non-hydrogen) atoms. The van der Waals surface area contributed by atoms with E-state index >= 15 is 0 Å². The van der Waals surface area contributed by atoms with Crippen LogP contribution in [0.2, 0.25) is 0 Å². The van der Waals surface area contributed by atoms with Crippen molar-refractivity contribution in [2.45, 2.75) is 32.5 Å². The summed E-state index contributed by atoms with van der Waals surface area (Å²) in [5.41, 5.74) is 0.546. The van der Waals surface area contributed by atoms with Crippen molar-refractivity contribution in [1.82, 2.24) is 14.7 Å². The molecular weight excluding hydrogens is 282 g/mol. The van der Waals surface area contributed by atoms with Gasteiger partial charge in [-0.25, -0.2) is 0 Å². The third-order valence-corrected chi connectivity index (χ3v) is 3.98. The summed E-state index contributed by atoms with van der Waals surface area (Å²) in [5.74, 6) is -0.0102. The van der Waals surface area contributed by atoms with Crippen LogP contribution >= 0.6 is 0 Å². The Balaban J connectivity index is 1.88. The Bertz CT molecular complexity index is 756. The number of amides is 1. The number of nitrogens with zero attached hydrogens (tertiary/aromatic N) is 3. The van der Waals surface area contributed by atoms with Crippen LogP contribution in [0.25, 0.3) is 10.9 Å². The SMILES string of the molecule is C[C@@H]1CN(C(=O)Cn2ncc(=O)c3ccccc32)[C@@H](C)CO1. The zero-order valence-corrected chi connectivity index (χ0v) is 12.7. The van der Waals surface area contributed by atoms with E-state index in [9.17, 15) is 9.59 Å². The average molecular weight is 301 g/mol. The van der Waals surface area contributed by atoms with Gasteiger partial charge in [0.05, 0.1) is 30.5 Å². The maximum Gasteiger partial charge on any atom is 0.244 e. The molecule has 1 fully saturated rings. The molecule has 1 aromatic carbocycles. The van der Waals surface area contributed by atoms with Crippen LogP contribution in [0.3, 0.4) is 0 Å². The smallest absolute Gasteiger partial charge is 0.244 e. The Morgan fingerprint density at radius 1 is 1.36 bits per heavy atom. The number of hydrogen-bond donors (Lipinski definition) is 0. The van der Waals surface area contributed by atoms with Crippen molar-refractivity contribution in [3.05, 3.63) is 40.7 Å². The van der Waals surface area contributed by atoms with Gasteiger partial charge in [-0.05, 0) is 26.0 Å². The van der Waals surface area contributed by atoms with E-state index in [0.717, 1.165) is 0 Å². The number of ether oxygens (including phenoxy) is 1. The second-order valence-corrected chi connectivity index (χ2v) is 5.72. The highest BCUT2D eigenvalue weighted by Gasteiger charge is 2.27. The summed E-state index contributed by atoms with van der Waals surface area (Å²) >= 11 is 0. The van der Waals surface area contributed by atoms with Crippen molar-refractivity contribution in [2.75, 3.05) is 13.2 Å². The summed E-state index contributed by atoms with van der Waals surface area (Å²) < 4.78 is 7.14. The lowest BCUT2D eigenvalue weighted by Crippen LogP contribution is -2.51. The maximum absolute atomic E-state index is 12.6. The first-order chi connectivity index (χ1) is 10.6. The number of hydrogen-bond acceptors (Lipinski definition) is 4. The molecule has 1 aromatic heterocycles. The number of aromatic nitrogens is 2. The zero-order valence-electron chi connectivity index (χ0n) is 12.7. The van der Waals surface area contributed by atoms with Crippen LogP contribution in [-0.2, 0) is 16.1 Å². The van der Waals surface area contributed by atoms with Gasteiger partial charge in [0, 0.05) is 11.9 Å². The summed E-state index contributed by atoms with van der Waals surface area (Å²) in [4.78, 5) is 26.2. The van der Waals surface area contributed by atoms with Crippen molar-refractivity contribution in [3.8, 4) is 0 Å². The lowest BCUT2D eigenvalue weighted by molar-refractivity contribution is -0.143. The highest BCUT2D eigenvalue weighted by atomic mass is 16.5. The number of carbonyl (C=O) groups excluding carboxylic acids is 1. The van der Waals surface area contributed by atoms with Gasteiger partial charge in [-0.15, -0.1) is 0 Å². The van der Waals surface area contributed by atoms with Crippen molar-refractivity contribution in [3.63, 3.8) is 0 Å². The molecule has 6 nitrogen and oxygen atoms in total. The number of carbonyl (C=O) groups is 1. The van der Waals surface area contributed by atoms with Gasteiger partial charge in [0.25, 0.3) is 0 Å². The fraction of sp³-hybridized carbons (Fsp3) is 0.438. The topological polar surface area (TPSA) is 64.4 Å². The molecule has 0 N–H and O–H groups in total. The number of fused-ring (bicyclic) bond motifs is 1. The summed E-state index contributed by atoms with van der Waals surface area (Å²) in [7, 11) is 0. The predicted molar refractivity (Wildman–Crippen MR) is 82.6 cm³/mol. The number of morpholine rings is 1. The molecule has 0 bridgehead atoms. The Morgan fingerprint density at radius 3 is 2.95 bits per heavy atom. The van der Waals surface area contributed by atoms with Crippen LogP contribution in [0.1, 0.15) is 13.8 Å². The largest absolute Gasteiger partial charge is 0.375 e. The summed E-state index contributed by atoms with van der Waals surface area (Å²) in [5, 5.41) is 4.69. The van der Waals surface area contributed by atoms with E-state index in [0.29, 0.717) is 24.1 Å². The lowest BCUT2D eigenvalue weighted by Gasteiger charge is -2.36. The predicted octanol–water partition coefficient (Wildman–Crippen LogP) is 1.03. The van der Waals surface area contributed by atoms with Gasteiger partial charge in [0.15, 0.2) is 0 Å². The molecule has 0 spiro atoms. The first-order valence-corrected chi connectivity index (χ1v) is 7.42. The monoisotopic (exact) mass is 301 g/mol. The second-order valence-electron chi connectivity index (χ2n) is 5.72. The molecule has 2 atom stereocenters. The fourth-order valence-electron chi connectivity index (χ4n) is 2.76. The Morgan fingerprint density at radius 2 is 2.14 bits per heavy atom. The number of benzene rings is 1. The van der Waals surface area contributed by atoms with Gasteiger partial charge >= 0.3 is 0 Å². The average Bonchev–Trinajstić information content (AvgIpc) is 2.52. The second kappa shape index (κ2) is 5.88. The van der Waals surface area contributed by atoms with Crippen LogP contribution in [-0.4, -0.2) is 45.9 Å². The molecule has 1 saturated heterocycles. The van der Waals surface area contributed by atoms with Gasteiger partial charge in [-0.2, -0.15) is 5.10 Å². The Labute approximate surface area is 128 Å². The molecule has 0 saturated carbocycles. The molecular formula is C16H19N3O3. The first-order valence-electron chi connectivity index (χ1n) is 7.42. The van der Waals surface area contributed by atoms with E-state index in [4.69, 9.17) is 4.74 Å². The first kappa shape index (κ1) is 14.7. The minimum atomic E-state index is -0.132. The number of para-hydroxylation sites is 1. The molecule has 3 rings (SSSR count). The van der Waals surface area contributed by atoms with Crippen molar-refractivity contribution in [1.29, 1.82) is 0 Å². The van der Waals surface area contributed by atoms with E-state index in [2.05, 4.69) is 5.10 Å². The van der Waals surface area contributed by atoms with Crippen molar-refractivity contribution in [2.24, 2.45) is 0 Å². The van der Waals surface area contributed by atoms with Crippen LogP contribution in [0.5, 0.6) is 0 Å². The van der Waals surface area contributed by atoms with Crippen molar-refractivity contribution >= 4 is 16.8 Å². The fourth-order valence-corrected chi connectivity index (χ4v) is 2.76. The van der Waals surface area contributed by atoms with Crippen molar-refractivity contribution < 1.29 is 9.53 Å². The zero-order chi connectivity index (χ0) is 15.7. The molecule has 1 aliphatic rings. The highest BCUT2D eigenvalue weighted by Crippen LogP contribution is 2.13. The van der Waals surface area contributed by atoms with E-state index in [1.165, 1.54) is 6.20 Å². The van der Waals surface area contributed by atoms with Gasteiger partial charge in [-0.1, -0.05) is 12.1 Å². The van der Waals surface area contributed by atoms with E-state index in [1.807, 2.05) is 36.9 Å². The quantitative estimate of drug-likeness (QED) is 0.831. The standard InChI is InChI=1S/C16H19N3O3/c1-11-10-22-12(2)8-18(11)16(21)9-19-14-6-4-3-5-13(14)15(20)7-17-19/h3-7,11-12H,8-10H2,1-2H3/t11-,12+/m0/s1.